The molecule has 1 N–H and O–H groups in total. The number of hydrogen-bond acceptors (Lipinski definition) is 3. The Bertz CT molecular complexity index is 710. The van der Waals surface area contributed by atoms with Gasteiger partial charge in [0.15, 0.2) is 0 Å². The summed E-state index contributed by atoms with van der Waals surface area (Å²) >= 11 is 0. The van der Waals surface area contributed by atoms with E-state index in [1.54, 1.807) is 0 Å². The third kappa shape index (κ3) is 1.27. The SMILES string of the molecule is [C-]#[N+]c1ccc2c3c1O[C@H]1[C@@H](O)CC[C@H]4[C@@H](C2)N(C)CC[C@@]341. The lowest BCUT2D eigenvalue weighted by Gasteiger charge is -2.58. The number of likely N-dealkylation sites (tertiary alicyclic amines) is 1. The number of piperidine rings is 1. The van der Waals surface area contributed by atoms with Gasteiger partial charge in [-0.1, -0.05) is 12.1 Å². The van der Waals surface area contributed by atoms with Gasteiger partial charge in [0.05, 0.1) is 12.7 Å². The first-order chi connectivity index (χ1) is 10.7. The summed E-state index contributed by atoms with van der Waals surface area (Å²) in [4.78, 5) is 6.16. The number of nitrogens with zero attached hydrogens (tertiary/aromatic N) is 2. The number of likely N-dealkylation sites (N-methyl/N-ethyl adjacent to an activating group) is 1. The summed E-state index contributed by atoms with van der Waals surface area (Å²) in [6.07, 6.45) is 3.41. The minimum absolute atomic E-state index is 0.0571. The molecule has 2 heterocycles. The summed E-state index contributed by atoms with van der Waals surface area (Å²) in [5, 5.41) is 10.6. The van der Waals surface area contributed by atoms with Crippen molar-refractivity contribution in [2.45, 2.75) is 49.3 Å². The van der Waals surface area contributed by atoms with Gasteiger partial charge >= 0.3 is 0 Å². The van der Waals surface area contributed by atoms with Crippen molar-refractivity contribution < 1.29 is 9.84 Å². The van der Waals surface area contributed by atoms with Crippen molar-refractivity contribution >= 4 is 5.69 Å². The van der Waals surface area contributed by atoms with Gasteiger partial charge in [0.2, 0.25) is 5.69 Å². The molecule has 0 radical (unpaired) electrons. The molecule has 1 saturated heterocycles. The monoisotopic (exact) mass is 296 g/mol. The van der Waals surface area contributed by atoms with Crippen LogP contribution in [0.25, 0.3) is 4.85 Å². The second kappa shape index (κ2) is 4.04. The summed E-state index contributed by atoms with van der Waals surface area (Å²) in [5.74, 6) is 1.33. The van der Waals surface area contributed by atoms with E-state index < -0.39 is 6.10 Å². The Balaban J connectivity index is 1.82. The average molecular weight is 296 g/mol. The van der Waals surface area contributed by atoms with Crippen molar-refractivity contribution in [3.63, 3.8) is 0 Å². The summed E-state index contributed by atoms with van der Waals surface area (Å²) in [6.45, 7) is 8.49. The van der Waals surface area contributed by atoms with E-state index in [1.807, 2.05) is 6.07 Å². The van der Waals surface area contributed by atoms with Crippen LogP contribution in [0, 0.1) is 12.5 Å². The maximum absolute atomic E-state index is 10.6. The minimum atomic E-state index is -0.405. The van der Waals surface area contributed by atoms with Gasteiger partial charge in [-0.05, 0) is 56.3 Å². The lowest BCUT2D eigenvalue weighted by Crippen LogP contribution is -2.66. The molecule has 114 valence electrons. The first-order valence-corrected chi connectivity index (χ1v) is 8.25. The zero-order chi connectivity index (χ0) is 15.1. The van der Waals surface area contributed by atoms with Crippen LogP contribution < -0.4 is 4.74 Å². The number of benzene rings is 1. The molecule has 4 aliphatic rings. The van der Waals surface area contributed by atoms with Crippen molar-refractivity contribution in [2.75, 3.05) is 13.6 Å². The maximum Gasteiger partial charge on any atom is 0.228 e. The molecule has 2 fully saturated rings. The predicted octanol–water partition coefficient (Wildman–Crippen LogP) is 2.27. The van der Waals surface area contributed by atoms with Gasteiger partial charge in [-0.2, -0.15) is 0 Å². The number of ether oxygens (including phenoxy) is 1. The predicted molar refractivity (Wildman–Crippen MR) is 82.3 cm³/mol. The molecule has 22 heavy (non-hydrogen) atoms. The molecular weight excluding hydrogens is 276 g/mol. The smallest absolute Gasteiger partial charge is 0.228 e. The maximum atomic E-state index is 10.6. The van der Waals surface area contributed by atoms with Crippen LogP contribution in [0.2, 0.25) is 0 Å². The Hall–Kier alpha value is -1.57. The zero-order valence-corrected chi connectivity index (χ0v) is 12.7. The number of aliphatic hydroxyl groups excluding tert-OH is 1. The molecule has 2 aliphatic heterocycles. The summed E-state index contributed by atoms with van der Waals surface area (Å²) in [5.41, 5.74) is 3.18. The van der Waals surface area contributed by atoms with E-state index in [9.17, 15) is 5.11 Å². The fraction of sp³-hybridized carbons (Fsp3) is 0.611. The lowest BCUT2D eigenvalue weighted by atomic mass is 9.51. The van der Waals surface area contributed by atoms with Crippen LogP contribution in [-0.4, -0.2) is 41.8 Å². The van der Waals surface area contributed by atoms with Crippen molar-refractivity contribution in [2.24, 2.45) is 5.92 Å². The molecule has 5 rings (SSSR count). The quantitative estimate of drug-likeness (QED) is 0.746. The van der Waals surface area contributed by atoms with E-state index in [1.165, 1.54) is 11.1 Å². The van der Waals surface area contributed by atoms with Gasteiger partial charge in [-0.25, -0.2) is 4.85 Å². The van der Waals surface area contributed by atoms with Crippen LogP contribution in [0.5, 0.6) is 5.75 Å². The van der Waals surface area contributed by atoms with Crippen molar-refractivity contribution in [1.82, 2.24) is 4.90 Å². The van der Waals surface area contributed by atoms with Crippen LogP contribution in [0.4, 0.5) is 5.69 Å². The highest BCUT2D eigenvalue weighted by molar-refractivity contribution is 5.69. The topological polar surface area (TPSA) is 37.1 Å². The standard InChI is InChI=1S/C18H20N2O2/c1-19-12-5-3-10-9-13-11-4-6-14(21)17-18(11,7-8-20(13)2)15(10)16(12)22-17/h3,5,11,13-14,17,21H,4,6-9H2,2H3/t11-,13+,14-,17-,18-/m0/s1. The van der Waals surface area contributed by atoms with Gasteiger partial charge in [0, 0.05) is 11.5 Å². The first-order valence-electron chi connectivity index (χ1n) is 8.25. The minimum Gasteiger partial charge on any atom is -0.497 e. The Morgan fingerprint density at radius 2 is 2.27 bits per heavy atom. The Kier molecular flexibility index (Phi) is 2.37. The third-order valence-electron chi connectivity index (χ3n) is 6.68. The Labute approximate surface area is 130 Å². The molecule has 1 spiro atoms. The van der Waals surface area contributed by atoms with Crippen LogP contribution >= 0.6 is 0 Å². The molecule has 2 bridgehead atoms. The van der Waals surface area contributed by atoms with Crippen LogP contribution in [0.3, 0.4) is 0 Å². The highest BCUT2D eigenvalue weighted by Crippen LogP contribution is 2.63. The van der Waals surface area contributed by atoms with Crippen LogP contribution in [0.1, 0.15) is 30.4 Å². The Morgan fingerprint density at radius 3 is 3.09 bits per heavy atom. The second-order valence-electron chi connectivity index (χ2n) is 7.39. The zero-order valence-electron chi connectivity index (χ0n) is 12.7. The first kappa shape index (κ1) is 12.9. The molecule has 2 aliphatic carbocycles. The number of aliphatic hydroxyl groups is 1. The molecule has 1 aromatic rings. The van der Waals surface area contributed by atoms with Crippen molar-refractivity contribution in [3.8, 4) is 5.75 Å². The molecule has 5 atom stereocenters. The second-order valence-corrected chi connectivity index (χ2v) is 7.39. The van der Waals surface area contributed by atoms with Crippen LogP contribution in [0.15, 0.2) is 12.1 Å². The third-order valence-corrected chi connectivity index (χ3v) is 6.68. The summed E-state index contributed by atoms with van der Waals surface area (Å²) in [7, 11) is 2.23. The van der Waals surface area contributed by atoms with E-state index in [2.05, 4.69) is 22.9 Å². The van der Waals surface area contributed by atoms with Crippen molar-refractivity contribution in [1.29, 1.82) is 0 Å². The highest BCUT2D eigenvalue weighted by Gasteiger charge is 2.64. The molecular formula is C18H20N2O2. The number of rotatable bonds is 0. The molecule has 4 nitrogen and oxygen atoms in total. The van der Waals surface area contributed by atoms with E-state index in [0.717, 1.165) is 38.0 Å². The Morgan fingerprint density at radius 1 is 1.41 bits per heavy atom. The molecule has 0 unspecified atom stereocenters. The van der Waals surface area contributed by atoms with Gasteiger partial charge in [0.25, 0.3) is 0 Å². The van der Waals surface area contributed by atoms with E-state index in [-0.39, 0.29) is 11.5 Å². The lowest BCUT2D eigenvalue weighted by molar-refractivity contribution is -0.0990. The molecule has 1 saturated carbocycles. The highest BCUT2D eigenvalue weighted by atomic mass is 16.5. The molecule has 0 amide bonds. The van der Waals surface area contributed by atoms with Gasteiger partial charge in [-0.15, -0.1) is 0 Å². The molecule has 0 aromatic heterocycles. The fourth-order valence-electron chi connectivity index (χ4n) is 5.80. The van der Waals surface area contributed by atoms with Gasteiger partial charge in [-0.3, -0.25) is 0 Å². The normalized spacial score (nSPS) is 41.5. The fourth-order valence-corrected chi connectivity index (χ4v) is 5.80. The molecule has 4 heteroatoms. The van der Waals surface area contributed by atoms with Gasteiger partial charge < -0.3 is 14.7 Å². The number of hydrogen-bond donors (Lipinski definition) is 1. The summed E-state index contributed by atoms with van der Waals surface area (Å²) < 4.78 is 6.27. The van der Waals surface area contributed by atoms with Crippen LogP contribution in [-0.2, 0) is 11.8 Å². The average Bonchev–Trinajstić information content (AvgIpc) is 2.88. The van der Waals surface area contributed by atoms with Crippen molar-refractivity contribution in [3.05, 3.63) is 34.7 Å². The van der Waals surface area contributed by atoms with E-state index >= 15 is 0 Å². The largest absolute Gasteiger partial charge is 0.497 e. The van der Waals surface area contributed by atoms with Gasteiger partial charge in [0.1, 0.15) is 11.9 Å². The van der Waals surface area contributed by atoms with E-state index in [4.69, 9.17) is 11.3 Å². The van der Waals surface area contributed by atoms with E-state index in [0.29, 0.717) is 17.6 Å². The summed E-state index contributed by atoms with van der Waals surface area (Å²) in [6, 6.07) is 4.57. The molecule has 1 aromatic carbocycles.